The lowest BCUT2D eigenvalue weighted by Crippen LogP contribution is -2.37. The van der Waals surface area contributed by atoms with Crippen LogP contribution in [0.4, 0.5) is 0 Å². The maximum absolute atomic E-state index is 12.6. The molecule has 0 bridgehead atoms. The van der Waals surface area contributed by atoms with Gasteiger partial charge in [-0.05, 0) is 64.2 Å². The number of phosphoric acid groups is 1. The van der Waals surface area contributed by atoms with Crippen LogP contribution in [-0.2, 0) is 32.7 Å². The van der Waals surface area contributed by atoms with Crippen LogP contribution in [0, 0.1) is 0 Å². The predicted octanol–water partition coefficient (Wildman–Crippen LogP) is 9.90. The minimum Gasteiger partial charge on any atom is -0.462 e. The predicted molar refractivity (Wildman–Crippen MR) is 206 cm³/mol. The van der Waals surface area contributed by atoms with Crippen molar-refractivity contribution >= 4 is 19.8 Å². The maximum atomic E-state index is 12.6. The summed E-state index contributed by atoms with van der Waals surface area (Å²) in [5.74, 6) is -0.921. The normalized spacial score (nSPS) is 14.6. The summed E-state index contributed by atoms with van der Waals surface area (Å²) in [5.41, 5.74) is 0. The standard InChI is InChI=1S/C40H68NO8P/c1-6-8-10-12-14-16-18-20-22-24-26-28-30-32-39(42)46-36-38(37-48-50(44,45)47-35-34-41(3,4)5)49-40(43)33-31-29-27-25-23-21-19-17-15-13-11-9-7-2/h9-12,15-18,21,23,27,29,38H,6-8,13-14,19-20,22,24-26,28,30-37H2,1-5H3/p+1/b11-9-,12-10-,17-15-,18-16-,23-21-,29-27-. The molecule has 286 valence electrons. The molecule has 0 saturated heterocycles. The number of likely N-dealkylation sites (N-methyl/N-ethyl adjacent to an activating group) is 1. The first-order valence-corrected chi connectivity index (χ1v) is 20.2. The highest BCUT2D eigenvalue weighted by atomic mass is 31.2. The Hall–Kier alpha value is -2.55. The molecule has 0 aliphatic carbocycles. The number of rotatable bonds is 32. The maximum Gasteiger partial charge on any atom is 0.472 e. The van der Waals surface area contributed by atoms with E-state index < -0.39 is 32.5 Å². The first-order chi connectivity index (χ1) is 24.0. The molecule has 0 aromatic carbocycles. The number of nitrogens with zero attached hydrogens (tertiary/aromatic N) is 1. The largest absolute Gasteiger partial charge is 0.472 e. The summed E-state index contributed by atoms with van der Waals surface area (Å²) in [5, 5.41) is 0. The number of hydrogen-bond acceptors (Lipinski definition) is 7. The van der Waals surface area contributed by atoms with Crippen LogP contribution >= 0.6 is 7.82 Å². The van der Waals surface area contributed by atoms with Gasteiger partial charge in [-0.2, -0.15) is 0 Å². The highest BCUT2D eigenvalue weighted by molar-refractivity contribution is 7.47. The lowest BCUT2D eigenvalue weighted by molar-refractivity contribution is -0.870. The van der Waals surface area contributed by atoms with Crippen molar-refractivity contribution in [3.63, 3.8) is 0 Å². The molecule has 0 fully saturated rings. The van der Waals surface area contributed by atoms with Gasteiger partial charge in [0.15, 0.2) is 6.10 Å². The number of quaternary nitrogens is 1. The zero-order valence-corrected chi connectivity index (χ0v) is 32.7. The Labute approximate surface area is 304 Å². The Morgan fingerprint density at radius 1 is 0.640 bits per heavy atom. The number of phosphoric ester groups is 1. The van der Waals surface area contributed by atoms with Crippen molar-refractivity contribution < 1.29 is 42.1 Å². The molecular weight excluding hydrogens is 653 g/mol. The number of allylic oxidation sites excluding steroid dienone is 12. The van der Waals surface area contributed by atoms with Crippen LogP contribution in [0.1, 0.15) is 117 Å². The van der Waals surface area contributed by atoms with Gasteiger partial charge in [0.2, 0.25) is 0 Å². The van der Waals surface area contributed by atoms with Crippen molar-refractivity contribution in [2.75, 3.05) is 47.5 Å². The summed E-state index contributed by atoms with van der Waals surface area (Å²) >= 11 is 0. The molecule has 0 aliphatic rings. The van der Waals surface area contributed by atoms with Gasteiger partial charge < -0.3 is 18.9 Å². The van der Waals surface area contributed by atoms with Gasteiger partial charge in [0, 0.05) is 12.8 Å². The summed E-state index contributed by atoms with van der Waals surface area (Å²) < 4.78 is 34.0. The van der Waals surface area contributed by atoms with Gasteiger partial charge in [-0.1, -0.05) is 112 Å². The lowest BCUT2D eigenvalue weighted by Gasteiger charge is -2.24. The second kappa shape index (κ2) is 32.4. The summed E-state index contributed by atoms with van der Waals surface area (Å²) in [6, 6.07) is 0. The molecule has 9 nitrogen and oxygen atoms in total. The molecule has 1 N–H and O–H groups in total. The third-order valence-corrected chi connectivity index (χ3v) is 8.20. The SMILES string of the molecule is CC/C=C\C/C=C\C/C=C\C/C=C\CCC(=O)OC(COC(=O)CCCCCCC/C=C\C/C=C\CCC)COP(=O)(O)OCC[N+](C)(C)C. The number of carbonyl (C=O) groups is 2. The van der Waals surface area contributed by atoms with Crippen molar-refractivity contribution in [1.82, 2.24) is 0 Å². The summed E-state index contributed by atoms with van der Waals surface area (Å²) in [6.07, 6.45) is 38.3. The first kappa shape index (κ1) is 47.4. The fourth-order valence-electron chi connectivity index (χ4n) is 4.30. The topological polar surface area (TPSA) is 108 Å². The van der Waals surface area contributed by atoms with Crippen LogP contribution in [-0.4, -0.2) is 74.9 Å². The monoisotopic (exact) mass is 722 g/mol. The van der Waals surface area contributed by atoms with Crippen LogP contribution in [0.5, 0.6) is 0 Å². The van der Waals surface area contributed by atoms with Gasteiger partial charge in [0.1, 0.15) is 19.8 Å². The Kier molecular flexibility index (Phi) is 30.7. The minimum atomic E-state index is -4.39. The van der Waals surface area contributed by atoms with E-state index in [2.05, 4.69) is 74.6 Å². The van der Waals surface area contributed by atoms with Crippen LogP contribution in [0.25, 0.3) is 0 Å². The number of carbonyl (C=O) groups excluding carboxylic acids is 2. The minimum absolute atomic E-state index is 0.0129. The fraction of sp³-hybridized carbons (Fsp3) is 0.650. The Morgan fingerprint density at radius 2 is 1.18 bits per heavy atom. The molecule has 50 heavy (non-hydrogen) atoms. The molecule has 0 aliphatic heterocycles. The van der Waals surface area contributed by atoms with Gasteiger partial charge in [0.05, 0.1) is 27.7 Å². The quantitative estimate of drug-likeness (QED) is 0.0240. The van der Waals surface area contributed by atoms with Crippen LogP contribution in [0.3, 0.4) is 0 Å². The van der Waals surface area contributed by atoms with E-state index in [4.69, 9.17) is 18.5 Å². The molecule has 0 aromatic heterocycles. The van der Waals surface area contributed by atoms with E-state index in [0.29, 0.717) is 23.9 Å². The average Bonchev–Trinajstić information content (AvgIpc) is 3.06. The van der Waals surface area contributed by atoms with Gasteiger partial charge in [-0.15, -0.1) is 0 Å². The van der Waals surface area contributed by atoms with Crippen molar-refractivity contribution in [3.05, 3.63) is 72.9 Å². The second-order valence-electron chi connectivity index (χ2n) is 13.2. The Balaban J connectivity index is 4.61. The number of unbranched alkanes of at least 4 members (excludes halogenated alkanes) is 6. The molecular formula is C40H69NO8P+. The molecule has 2 unspecified atom stereocenters. The van der Waals surface area contributed by atoms with Crippen molar-refractivity contribution in [3.8, 4) is 0 Å². The van der Waals surface area contributed by atoms with E-state index >= 15 is 0 Å². The summed E-state index contributed by atoms with van der Waals surface area (Å²) in [7, 11) is 1.41. The summed E-state index contributed by atoms with van der Waals surface area (Å²) in [6.45, 7) is 4.09. The number of ether oxygens (including phenoxy) is 2. The molecule has 0 spiro atoms. The number of hydrogen-bond donors (Lipinski definition) is 1. The van der Waals surface area contributed by atoms with E-state index in [0.717, 1.165) is 70.6 Å². The highest BCUT2D eigenvalue weighted by Gasteiger charge is 2.27. The van der Waals surface area contributed by atoms with Crippen LogP contribution in [0.15, 0.2) is 72.9 Å². The third kappa shape index (κ3) is 35.3. The summed E-state index contributed by atoms with van der Waals surface area (Å²) in [4.78, 5) is 35.1. The van der Waals surface area contributed by atoms with Crippen LogP contribution < -0.4 is 0 Å². The Morgan fingerprint density at radius 3 is 1.78 bits per heavy atom. The highest BCUT2D eigenvalue weighted by Crippen LogP contribution is 2.43. The zero-order valence-electron chi connectivity index (χ0n) is 31.8. The van der Waals surface area contributed by atoms with E-state index in [9.17, 15) is 19.0 Å². The van der Waals surface area contributed by atoms with E-state index in [-0.39, 0.29) is 26.1 Å². The molecule has 0 saturated carbocycles. The fourth-order valence-corrected chi connectivity index (χ4v) is 5.04. The van der Waals surface area contributed by atoms with Crippen molar-refractivity contribution in [2.45, 2.75) is 123 Å². The number of esters is 2. The Bertz CT molecular complexity index is 1090. The lowest BCUT2D eigenvalue weighted by atomic mass is 10.1. The smallest absolute Gasteiger partial charge is 0.462 e. The first-order valence-electron chi connectivity index (χ1n) is 18.7. The van der Waals surface area contributed by atoms with Crippen molar-refractivity contribution in [1.29, 1.82) is 0 Å². The second-order valence-corrected chi connectivity index (χ2v) is 14.7. The molecule has 0 rings (SSSR count). The molecule has 0 radical (unpaired) electrons. The average molecular weight is 723 g/mol. The molecule has 0 aromatic rings. The van der Waals surface area contributed by atoms with E-state index in [1.807, 2.05) is 33.3 Å². The van der Waals surface area contributed by atoms with Crippen LogP contribution in [0.2, 0.25) is 0 Å². The van der Waals surface area contributed by atoms with Gasteiger partial charge in [-0.3, -0.25) is 18.6 Å². The van der Waals surface area contributed by atoms with Gasteiger partial charge in [-0.25, -0.2) is 4.57 Å². The molecule has 0 heterocycles. The van der Waals surface area contributed by atoms with E-state index in [1.54, 1.807) is 0 Å². The molecule has 0 amide bonds. The third-order valence-electron chi connectivity index (χ3n) is 7.21. The van der Waals surface area contributed by atoms with Gasteiger partial charge in [0.25, 0.3) is 0 Å². The van der Waals surface area contributed by atoms with E-state index in [1.165, 1.54) is 6.42 Å². The molecule has 2 atom stereocenters. The van der Waals surface area contributed by atoms with Crippen molar-refractivity contribution in [2.24, 2.45) is 0 Å². The molecule has 10 heteroatoms. The van der Waals surface area contributed by atoms with Gasteiger partial charge >= 0.3 is 19.8 Å². The zero-order chi connectivity index (χ0) is 37.2.